The van der Waals surface area contributed by atoms with Crippen LogP contribution in [-0.4, -0.2) is 32.2 Å². The second-order valence-corrected chi connectivity index (χ2v) is 7.51. The number of esters is 1. The molecule has 0 spiro atoms. The Morgan fingerprint density at radius 1 is 1.19 bits per heavy atom. The fourth-order valence-corrected chi connectivity index (χ4v) is 4.30. The van der Waals surface area contributed by atoms with Gasteiger partial charge in [0.1, 0.15) is 6.07 Å². The minimum Gasteiger partial charge on any atom is -0.465 e. The molecule has 2 fully saturated rings. The van der Waals surface area contributed by atoms with Gasteiger partial charge in [-0.25, -0.2) is 4.79 Å². The Labute approximate surface area is 159 Å². The largest absolute Gasteiger partial charge is 0.465 e. The summed E-state index contributed by atoms with van der Waals surface area (Å²) in [4.78, 5) is 14.3. The molecule has 2 unspecified atom stereocenters. The molecular weight excluding hydrogens is 338 g/mol. The number of aryl methyl sites for hydroxylation is 2. The van der Waals surface area contributed by atoms with Gasteiger partial charge in [0.15, 0.2) is 0 Å². The van der Waals surface area contributed by atoms with Crippen LogP contribution in [0.1, 0.15) is 27.0 Å². The van der Waals surface area contributed by atoms with Crippen LogP contribution in [-0.2, 0) is 4.74 Å². The van der Waals surface area contributed by atoms with Crippen LogP contribution in [0.25, 0.3) is 0 Å². The van der Waals surface area contributed by atoms with E-state index in [1.54, 1.807) is 0 Å². The molecule has 2 aromatic carbocycles. The van der Waals surface area contributed by atoms with E-state index in [-0.39, 0.29) is 5.97 Å². The highest BCUT2D eigenvalue weighted by Crippen LogP contribution is 2.49. The van der Waals surface area contributed by atoms with E-state index < -0.39 is 0 Å². The van der Waals surface area contributed by atoms with E-state index in [2.05, 4.69) is 23.2 Å². The van der Waals surface area contributed by atoms with Gasteiger partial charge in [-0.2, -0.15) is 5.26 Å². The molecule has 0 radical (unpaired) electrons. The zero-order valence-corrected chi connectivity index (χ0v) is 15.8. The van der Waals surface area contributed by atoms with Gasteiger partial charge in [-0.15, -0.1) is 0 Å². The number of nitrogens with zero attached hydrogens (tertiary/aromatic N) is 2. The van der Waals surface area contributed by atoms with Gasteiger partial charge in [-0.3, -0.25) is 0 Å². The number of fused-ring (bicyclic) bond motifs is 1. The minimum absolute atomic E-state index is 0.300. The zero-order chi connectivity index (χ0) is 19.1. The van der Waals surface area contributed by atoms with Gasteiger partial charge < -0.3 is 15.0 Å². The van der Waals surface area contributed by atoms with Crippen molar-refractivity contribution in [1.82, 2.24) is 0 Å². The first-order valence-corrected chi connectivity index (χ1v) is 9.23. The topological polar surface area (TPSA) is 65.4 Å². The van der Waals surface area contributed by atoms with Crippen LogP contribution in [0.4, 0.5) is 11.4 Å². The third kappa shape index (κ3) is 3.02. The third-order valence-electron chi connectivity index (χ3n) is 5.86. The summed E-state index contributed by atoms with van der Waals surface area (Å²) in [5.74, 6) is 0.837. The first-order valence-electron chi connectivity index (χ1n) is 9.23. The van der Waals surface area contributed by atoms with E-state index >= 15 is 0 Å². The maximum atomic E-state index is 12.0. The summed E-state index contributed by atoms with van der Waals surface area (Å²) in [5.41, 5.74) is 5.45. The molecular formula is C22H23N3O2. The van der Waals surface area contributed by atoms with Crippen molar-refractivity contribution in [2.75, 3.05) is 30.4 Å². The lowest BCUT2D eigenvalue weighted by molar-refractivity contribution is 0.0600. The quantitative estimate of drug-likeness (QED) is 0.844. The molecule has 1 N–H and O–H groups in total. The number of nitrogens with one attached hydrogen (secondary N) is 1. The maximum absolute atomic E-state index is 12.0. The summed E-state index contributed by atoms with van der Waals surface area (Å²) in [7, 11) is 1.41. The average Bonchev–Trinajstić information content (AvgIpc) is 3.11. The smallest absolute Gasteiger partial charge is 0.338 e. The van der Waals surface area contributed by atoms with Crippen LogP contribution in [0.2, 0.25) is 0 Å². The third-order valence-corrected chi connectivity index (χ3v) is 5.86. The van der Waals surface area contributed by atoms with Crippen LogP contribution in [0.15, 0.2) is 36.4 Å². The lowest BCUT2D eigenvalue weighted by Gasteiger charge is -2.24. The summed E-state index contributed by atoms with van der Waals surface area (Å²) >= 11 is 0. The lowest BCUT2D eigenvalue weighted by Crippen LogP contribution is -2.28. The highest BCUT2D eigenvalue weighted by Gasteiger charge is 2.56. The van der Waals surface area contributed by atoms with Crippen LogP contribution < -0.4 is 10.2 Å². The van der Waals surface area contributed by atoms with Crippen molar-refractivity contribution < 1.29 is 9.53 Å². The van der Waals surface area contributed by atoms with Crippen molar-refractivity contribution in [3.05, 3.63) is 58.7 Å². The van der Waals surface area contributed by atoms with E-state index in [1.807, 2.05) is 43.3 Å². The zero-order valence-electron chi connectivity index (χ0n) is 15.8. The monoisotopic (exact) mass is 361 g/mol. The van der Waals surface area contributed by atoms with Crippen molar-refractivity contribution in [1.29, 1.82) is 5.26 Å². The highest BCUT2D eigenvalue weighted by molar-refractivity contribution is 5.92. The number of carbonyl (C=O) groups excluding carboxylic acids is 1. The molecule has 1 aliphatic carbocycles. The molecule has 2 aromatic rings. The van der Waals surface area contributed by atoms with Crippen LogP contribution in [0.5, 0.6) is 0 Å². The number of nitriles is 1. The molecule has 1 saturated carbocycles. The Morgan fingerprint density at radius 2 is 1.89 bits per heavy atom. The number of hydrogen-bond acceptors (Lipinski definition) is 5. The predicted octanol–water partition coefficient (Wildman–Crippen LogP) is 3.51. The van der Waals surface area contributed by atoms with Gasteiger partial charge in [0.05, 0.1) is 23.9 Å². The Balaban J connectivity index is 1.46. The van der Waals surface area contributed by atoms with Gasteiger partial charge in [-0.1, -0.05) is 18.2 Å². The molecule has 1 aliphatic heterocycles. The van der Waals surface area contributed by atoms with Crippen molar-refractivity contribution in [2.45, 2.75) is 19.9 Å². The first-order chi connectivity index (χ1) is 13.0. The fraction of sp³-hybridized carbons (Fsp3) is 0.364. The van der Waals surface area contributed by atoms with Crippen molar-refractivity contribution in [3.63, 3.8) is 0 Å². The molecule has 27 heavy (non-hydrogen) atoms. The van der Waals surface area contributed by atoms with E-state index in [1.165, 1.54) is 7.11 Å². The average molecular weight is 361 g/mol. The number of hydrogen-bond donors (Lipinski definition) is 1. The van der Waals surface area contributed by atoms with Crippen molar-refractivity contribution in [3.8, 4) is 6.07 Å². The Hall–Kier alpha value is -3.00. The molecule has 1 heterocycles. The summed E-state index contributed by atoms with van der Waals surface area (Å²) < 4.78 is 4.89. The molecule has 0 aromatic heterocycles. The van der Waals surface area contributed by atoms with Gasteiger partial charge in [-0.05, 0) is 43.2 Å². The predicted molar refractivity (Wildman–Crippen MR) is 105 cm³/mol. The number of rotatable bonds is 4. The maximum Gasteiger partial charge on any atom is 0.338 e. The SMILES string of the molecule is COC(=O)c1cc(NC2C3CN(c4ccccc4C#N)CC32)c(C)cc1C. The number of methoxy groups -OCH3 is 1. The Kier molecular flexibility index (Phi) is 4.27. The van der Waals surface area contributed by atoms with E-state index in [0.717, 1.165) is 41.2 Å². The van der Waals surface area contributed by atoms with E-state index in [9.17, 15) is 10.1 Å². The molecule has 5 nitrogen and oxygen atoms in total. The summed E-state index contributed by atoms with van der Waals surface area (Å²) in [6.45, 7) is 5.90. The Bertz CT molecular complexity index is 935. The molecule has 0 amide bonds. The number of ether oxygens (including phenoxy) is 1. The standard InChI is InChI=1S/C22H23N3O2/c1-13-8-14(2)19(9-16(13)22(26)27-3)24-21-17-11-25(12-18(17)21)20-7-5-4-6-15(20)10-23/h4-9,17-18,21,24H,11-12H2,1-3H3. The lowest BCUT2D eigenvalue weighted by atomic mass is 10.0. The van der Waals surface area contributed by atoms with Crippen molar-refractivity contribution >= 4 is 17.3 Å². The normalized spacial score (nSPS) is 22.7. The van der Waals surface area contributed by atoms with Crippen LogP contribution in [0.3, 0.4) is 0 Å². The van der Waals surface area contributed by atoms with Crippen LogP contribution >= 0.6 is 0 Å². The summed E-state index contributed by atoms with van der Waals surface area (Å²) in [6.07, 6.45) is 0. The van der Waals surface area contributed by atoms with Gasteiger partial charge in [0.2, 0.25) is 0 Å². The molecule has 138 valence electrons. The molecule has 2 aliphatic rings. The second-order valence-electron chi connectivity index (χ2n) is 7.51. The molecule has 1 saturated heterocycles. The number of carbonyl (C=O) groups is 1. The number of benzene rings is 2. The van der Waals surface area contributed by atoms with Gasteiger partial charge in [0, 0.05) is 36.7 Å². The van der Waals surface area contributed by atoms with Gasteiger partial charge >= 0.3 is 5.97 Å². The highest BCUT2D eigenvalue weighted by atomic mass is 16.5. The van der Waals surface area contributed by atoms with E-state index in [4.69, 9.17) is 4.74 Å². The number of piperidine rings is 1. The summed E-state index contributed by atoms with van der Waals surface area (Å²) in [6, 6.07) is 14.4. The minimum atomic E-state index is -0.300. The number of anilines is 2. The first kappa shape index (κ1) is 17.4. The second kappa shape index (κ2) is 6.62. The Morgan fingerprint density at radius 3 is 2.56 bits per heavy atom. The molecule has 2 atom stereocenters. The summed E-state index contributed by atoms with van der Waals surface area (Å²) in [5, 5.41) is 13.0. The molecule has 4 rings (SSSR count). The molecule has 0 bridgehead atoms. The van der Waals surface area contributed by atoms with Crippen LogP contribution in [0, 0.1) is 37.0 Å². The van der Waals surface area contributed by atoms with E-state index in [0.29, 0.717) is 23.4 Å². The van der Waals surface area contributed by atoms with Gasteiger partial charge in [0.25, 0.3) is 0 Å². The fourth-order valence-electron chi connectivity index (χ4n) is 4.30. The van der Waals surface area contributed by atoms with Crippen molar-refractivity contribution in [2.24, 2.45) is 11.8 Å². The number of para-hydroxylation sites is 1. The molecule has 5 heteroatoms.